The van der Waals surface area contributed by atoms with Crippen LogP contribution in [0.25, 0.3) is 0 Å². The lowest BCUT2D eigenvalue weighted by Crippen LogP contribution is -2.34. The van der Waals surface area contributed by atoms with Gasteiger partial charge in [0.1, 0.15) is 0 Å². The molecule has 62 valence electrons. The predicted octanol–water partition coefficient (Wildman–Crippen LogP) is 2.26. The van der Waals surface area contributed by atoms with E-state index in [4.69, 9.17) is 4.62 Å². The average molecular weight is 163 g/mol. The van der Waals surface area contributed by atoms with Crippen LogP contribution in [0.4, 0.5) is 0 Å². The zero-order valence-corrected chi connectivity index (χ0v) is 8.51. The molecule has 0 heterocycles. The van der Waals surface area contributed by atoms with Gasteiger partial charge in [-0.3, -0.25) is 4.62 Å². The van der Waals surface area contributed by atoms with Gasteiger partial charge < -0.3 is 0 Å². The number of nitrogens with zero attached hydrogens (tertiary/aromatic N) is 1. The molecule has 0 N–H and O–H groups in total. The summed E-state index contributed by atoms with van der Waals surface area (Å²) in [7, 11) is 0.550. The fourth-order valence-electron chi connectivity index (χ4n) is 0.913. The Morgan fingerprint density at radius 1 is 1.10 bits per heavy atom. The maximum Gasteiger partial charge on any atom is 0.0373 e. The molecule has 0 saturated heterocycles. The number of hydrogen-bond acceptors (Lipinski definition) is 2. The maximum absolute atomic E-state index is 5.43. The van der Waals surface area contributed by atoms with E-state index in [2.05, 4.69) is 27.7 Å². The van der Waals surface area contributed by atoms with Gasteiger partial charge in [0, 0.05) is 20.9 Å². The number of rotatable bonds is 4. The molecule has 0 aliphatic carbocycles. The largest absolute Gasteiger partial charge is 0.280 e. The molecule has 0 fully saturated rings. The Morgan fingerprint density at radius 2 is 1.50 bits per heavy atom. The van der Waals surface area contributed by atoms with Gasteiger partial charge in [0.25, 0.3) is 0 Å². The molecule has 1 unspecified atom stereocenters. The zero-order valence-electron chi connectivity index (χ0n) is 7.51. The maximum atomic E-state index is 5.43. The first-order valence-corrected chi connectivity index (χ1v) is 5.12. The average Bonchev–Trinajstić information content (AvgIpc) is 1.81. The predicted molar refractivity (Wildman–Crippen MR) is 47.4 cm³/mol. The fourth-order valence-corrected chi connectivity index (χ4v) is 1.54. The second-order valence-corrected chi connectivity index (χ2v) is 3.43. The highest BCUT2D eigenvalue weighted by molar-refractivity contribution is 7.31. The van der Waals surface area contributed by atoms with Crippen LogP contribution in [0, 0.1) is 0 Å². The SMILES string of the molecule is CPON(C(C)C)C(C)C. The van der Waals surface area contributed by atoms with E-state index in [0.29, 0.717) is 20.9 Å². The molecule has 0 rings (SSSR count). The minimum Gasteiger partial charge on any atom is -0.280 e. The van der Waals surface area contributed by atoms with Gasteiger partial charge in [-0.2, -0.15) is 5.06 Å². The van der Waals surface area contributed by atoms with Crippen molar-refractivity contribution in [3.63, 3.8) is 0 Å². The van der Waals surface area contributed by atoms with Gasteiger partial charge in [-0.05, 0) is 34.4 Å². The van der Waals surface area contributed by atoms with E-state index in [-0.39, 0.29) is 0 Å². The molecule has 2 nitrogen and oxygen atoms in total. The van der Waals surface area contributed by atoms with Crippen LogP contribution in [0.15, 0.2) is 0 Å². The molecule has 1 atom stereocenters. The summed E-state index contributed by atoms with van der Waals surface area (Å²) in [5.41, 5.74) is 0. The normalized spacial score (nSPS) is 13.2. The third-order valence-electron chi connectivity index (χ3n) is 1.21. The molecule has 0 aliphatic heterocycles. The second kappa shape index (κ2) is 5.06. The number of hydroxylamine groups is 2. The van der Waals surface area contributed by atoms with Crippen molar-refractivity contribution in [3.05, 3.63) is 0 Å². The van der Waals surface area contributed by atoms with Gasteiger partial charge in [-0.15, -0.1) is 0 Å². The molecule has 0 aliphatic rings. The topological polar surface area (TPSA) is 12.5 Å². The lowest BCUT2D eigenvalue weighted by molar-refractivity contribution is -0.0978. The van der Waals surface area contributed by atoms with E-state index >= 15 is 0 Å². The monoisotopic (exact) mass is 163 g/mol. The van der Waals surface area contributed by atoms with E-state index < -0.39 is 0 Å². The Kier molecular flexibility index (Phi) is 5.24. The molecule has 0 bridgehead atoms. The molecule has 0 radical (unpaired) electrons. The third-order valence-corrected chi connectivity index (χ3v) is 1.61. The Morgan fingerprint density at radius 3 is 1.60 bits per heavy atom. The van der Waals surface area contributed by atoms with Crippen molar-refractivity contribution < 1.29 is 4.62 Å². The van der Waals surface area contributed by atoms with E-state index in [1.54, 1.807) is 0 Å². The minimum absolute atomic E-state index is 0.479. The molecule has 3 heteroatoms. The zero-order chi connectivity index (χ0) is 8.15. The highest BCUT2D eigenvalue weighted by Crippen LogP contribution is 2.14. The van der Waals surface area contributed by atoms with Gasteiger partial charge in [-0.25, -0.2) is 0 Å². The summed E-state index contributed by atoms with van der Waals surface area (Å²) in [6, 6.07) is 0.958. The quantitative estimate of drug-likeness (QED) is 0.465. The smallest absolute Gasteiger partial charge is 0.0373 e. The molecule has 0 saturated carbocycles. The van der Waals surface area contributed by atoms with Crippen molar-refractivity contribution in [2.75, 3.05) is 6.66 Å². The van der Waals surface area contributed by atoms with Gasteiger partial charge in [0.05, 0.1) is 0 Å². The minimum atomic E-state index is 0.479. The Bertz CT molecular complexity index is 77.7. The summed E-state index contributed by atoms with van der Waals surface area (Å²) in [6.45, 7) is 10.6. The molecule has 0 spiro atoms. The van der Waals surface area contributed by atoms with Gasteiger partial charge in [0.2, 0.25) is 0 Å². The van der Waals surface area contributed by atoms with Crippen molar-refractivity contribution >= 4 is 8.81 Å². The highest BCUT2D eigenvalue weighted by Gasteiger charge is 2.12. The van der Waals surface area contributed by atoms with Crippen molar-refractivity contribution in [2.45, 2.75) is 39.8 Å². The molecule has 0 aromatic heterocycles. The summed E-state index contributed by atoms with van der Waals surface area (Å²) in [6.07, 6.45) is 0. The van der Waals surface area contributed by atoms with Crippen LogP contribution in [0.2, 0.25) is 0 Å². The summed E-state index contributed by atoms with van der Waals surface area (Å²) in [5.74, 6) is 0. The summed E-state index contributed by atoms with van der Waals surface area (Å²) < 4.78 is 5.43. The second-order valence-electron chi connectivity index (χ2n) is 2.84. The Balaban J connectivity index is 3.73. The third kappa shape index (κ3) is 3.50. The van der Waals surface area contributed by atoms with Crippen LogP contribution >= 0.6 is 8.81 Å². The van der Waals surface area contributed by atoms with Crippen LogP contribution in [-0.2, 0) is 4.62 Å². The fraction of sp³-hybridized carbons (Fsp3) is 1.00. The van der Waals surface area contributed by atoms with Crippen molar-refractivity contribution in [3.8, 4) is 0 Å². The van der Waals surface area contributed by atoms with Crippen molar-refractivity contribution in [2.24, 2.45) is 0 Å². The first kappa shape index (κ1) is 10.3. The van der Waals surface area contributed by atoms with Crippen LogP contribution < -0.4 is 0 Å². The van der Waals surface area contributed by atoms with E-state index in [1.165, 1.54) is 0 Å². The van der Waals surface area contributed by atoms with Crippen molar-refractivity contribution in [1.29, 1.82) is 0 Å². The van der Waals surface area contributed by atoms with Gasteiger partial charge >= 0.3 is 0 Å². The van der Waals surface area contributed by atoms with Crippen LogP contribution in [-0.4, -0.2) is 23.8 Å². The van der Waals surface area contributed by atoms with Gasteiger partial charge in [-0.1, -0.05) is 0 Å². The lowest BCUT2D eigenvalue weighted by Gasteiger charge is -2.28. The Hall–Kier alpha value is 0.350. The van der Waals surface area contributed by atoms with E-state index in [0.717, 1.165) is 0 Å². The van der Waals surface area contributed by atoms with E-state index in [9.17, 15) is 0 Å². The molecular formula is C7H18NOP. The van der Waals surface area contributed by atoms with Crippen LogP contribution in [0.1, 0.15) is 27.7 Å². The first-order chi connectivity index (χ1) is 4.59. The molecule has 0 aromatic carbocycles. The van der Waals surface area contributed by atoms with E-state index in [1.807, 2.05) is 11.7 Å². The summed E-state index contributed by atoms with van der Waals surface area (Å²) >= 11 is 0. The lowest BCUT2D eigenvalue weighted by atomic mass is 10.3. The van der Waals surface area contributed by atoms with Gasteiger partial charge in [0.15, 0.2) is 0 Å². The standard InChI is InChI=1S/C7H18NOP/c1-6(2)8(7(3)4)9-10-5/h6-7,10H,1-5H3. The molecular weight excluding hydrogens is 145 g/mol. The Labute approximate surface area is 65.8 Å². The molecule has 0 amide bonds. The summed E-state index contributed by atoms with van der Waals surface area (Å²) in [5, 5.41) is 2.03. The van der Waals surface area contributed by atoms with Crippen LogP contribution in [0.5, 0.6) is 0 Å². The first-order valence-electron chi connectivity index (χ1n) is 3.71. The number of hydrogen-bond donors (Lipinski definition) is 0. The highest BCUT2D eigenvalue weighted by atomic mass is 31.1. The molecule has 10 heavy (non-hydrogen) atoms. The van der Waals surface area contributed by atoms with Crippen molar-refractivity contribution in [1.82, 2.24) is 5.06 Å². The summed E-state index contributed by atoms with van der Waals surface area (Å²) in [4.78, 5) is 0. The molecule has 0 aromatic rings. The van der Waals surface area contributed by atoms with Crippen LogP contribution in [0.3, 0.4) is 0 Å².